The van der Waals surface area contributed by atoms with Gasteiger partial charge in [-0.25, -0.2) is 4.98 Å². The fourth-order valence-corrected chi connectivity index (χ4v) is 5.82. The fraction of sp³-hybridized carbons (Fsp3) is 0.615. The summed E-state index contributed by atoms with van der Waals surface area (Å²) in [6.45, 7) is 3.10. The Labute approximate surface area is 195 Å². The van der Waals surface area contributed by atoms with Crippen molar-refractivity contribution in [2.45, 2.75) is 83.3 Å². The number of piperidine rings is 1. The van der Waals surface area contributed by atoms with Crippen molar-refractivity contribution >= 4 is 5.91 Å². The van der Waals surface area contributed by atoms with Crippen molar-refractivity contribution in [2.75, 3.05) is 13.1 Å². The van der Waals surface area contributed by atoms with E-state index in [0.717, 1.165) is 50.2 Å². The lowest BCUT2D eigenvalue weighted by Gasteiger charge is -2.37. The van der Waals surface area contributed by atoms with Crippen LogP contribution in [-0.2, 0) is 24.3 Å². The summed E-state index contributed by atoms with van der Waals surface area (Å²) in [6, 6.07) is 3.96. The van der Waals surface area contributed by atoms with Crippen molar-refractivity contribution in [1.29, 1.82) is 0 Å². The van der Waals surface area contributed by atoms with Crippen molar-refractivity contribution in [3.63, 3.8) is 0 Å². The normalized spacial score (nSPS) is 22.2. The molecule has 1 N–H and O–H groups in total. The zero-order valence-corrected chi connectivity index (χ0v) is 19.5. The second-order valence-corrected chi connectivity index (χ2v) is 10.00. The van der Waals surface area contributed by atoms with Crippen LogP contribution in [0.4, 0.5) is 0 Å². The van der Waals surface area contributed by atoms with E-state index in [4.69, 9.17) is 4.98 Å². The molecule has 1 unspecified atom stereocenters. The van der Waals surface area contributed by atoms with E-state index in [-0.39, 0.29) is 17.5 Å². The number of fused-ring (bicyclic) bond motifs is 1. The van der Waals surface area contributed by atoms with Crippen LogP contribution in [-0.4, -0.2) is 43.7 Å². The number of H-pyrrole nitrogens is 1. The summed E-state index contributed by atoms with van der Waals surface area (Å²) in [5.41, 5.74) is 2.87. The molecule has 7 heteroatoms. The summed E-state index contributed by atoms with van der Waals surface area (Å²) in [6.07, 6.45) is 14.1. The van der Waals surface area contributed by atoms with Crippen molar-refractivity contribution in [3.8, 4) is 0 Å². The van der Waals surface area contributed by atoms with Gasteiger partial charge in [0.15, 0.2) is 0 Å². The second-order valence-electron chi connectivity index (χ2n) is 10.00. The molecule has 0 spiro atoms. The Morgan fingerprint density at radius 3 is 2.64 bits per heavy atom. The zero-order valence-electron chi connectivity index (χ0n) is 19.5. The standard InChI is InChI=1S/C26H35N5O2/c32-24(16-19-6-2-1-3-7-19)31-14-5-4-8-23(31)25-28-22-18-30(15-11-21(22)26(33)29-25)17-20-9-12-27-13-10-20/h9-10,12-13,19,23H,1-8,11,14-18H2,(H,28,29,33). The molecule has 33 heavy (non-hydrogen) atoms. The number of pyridine rings is 1. The number of likely N-dealkylation sites (tertiary alicyclic amines) is 1. The number of nitrogens with one attached hydrogen (secondary N) is 1. The largest absolute Gasteiger partial charge is 0.333 e. The lowest BCUT2D eigenvalue weighted by molar-refractivity contribution is -0.136. The van der Waals surface area contributed by atoms with Crippen LogP contribution < -0.4 is 5.56 Å². The maximum absolute atomic E-state index is 13.3. The van der Waals surface area contributed by atoms with Crippen LogP contribution in [0.5, 0.6) is 0 Å². The van der Waals surface area contributed by atoms with Crippen LogP contribution >= 0.6 is 0 Å². The number of aromatic amines is 1. The molecule has 7 nitrogen and oxygen atoms in total. The maximum Gasteiger partial charge on any atom is 0.254 e. The Balaban J connectivity index is 1.33. The molecule has 1 amide bonds. The molecule has 2 aromatic rings. The number of amides is 1. The van der Waals surface area contributed by atoms with Crippen molar-refractivity contribution in [1.82, 2.24) is 24.8 Å². The summed E-state index contributed by atoms with van der Waals surface area (Å²) in [5, 5.41) is 0. The molecule has 3 aliphatic rings. The van der Waals surface area contributed by atoms with Crippen molar-refractivity contribution in [2.24, 2.45) is 5.92 Å². The highest BCUT2D eigenvalue weighted by Gasteiger charge is 2.32. The van der Waals surface area contributed by atoms with Gasteiger partial charge in [0, 0.05) is 50.6 Å². The SMILES string of the molecule is O=C(CC1CCCCC1)N1CCCCC1c1nc2c(c(=O)[nH]1)CCN(Cc1ccncc1)C2. The number of hydrogen-bond donors (Lipinski definition) is 1. The lowest BCUT2D eigenvalue weighted by atomic mass is 9.86. The van der Waals surface area contributed by atoms with Gasteiger partial charge in [-0.05, 0) is 62.1 Å². The third-order valence-corrected chi connectivity index (χ3v) is 7.65. The van der Waals surface area contributed by atoms with Gasteiger partial charge >= 0.3 is 0 Å². The molecule has 4 heterocycles. The predicted octanol–water partition coefficient (Wildman–Crippen LogP) is 3.75. The molecule has 1 atom stereocenters. The van der Waals surface area contributed by atoms with E-state index >= 15 is 0 Å². The third-order valence-electron chi connectivity index (χ3n) is 7.65. The molecule has 2 aromatic heterocycles. The molecule has 1 saturated heterocycles. The zero-order chi connectivity index (χ0) is 22.6. The molecule has 0 radical (unpaired) electrons. The Morgan fingerprint density at radius 1 is 1.03 bits per heavy atom. The van der Waals surface area contributed by atoms with Gasteiger partial charge in [-0.3, -0.25) is 19.5 Å². The van der Waals surface area contributed by atoms with Gasteiger partial charge in [0.2, 0.25) is 5.91 Å². The first-order chi connectivity index (χ1) is 16.2. The summed E-state index contributed by atoms with van der Waals surface area (Å²) in [5.74, 6) is 1.44. The Kier molecular flexibility index (Phi) is 6.85. The molecule has 2 aliphatic heterocycles. The van der Waals surface area contributed by atoms with E-state index in [1.54, 1.807) is 0 Å². The molecule has 2 fully saturated rings. The first kappa shape index (κ1) is 22.3. The van der Waals surface area contributed by atoms with Crippen LogP contribution in [0.25, 0.3) is 0 Å². The summed E-state index contributed by atoms with van der Waals surface area (Å²) >= 11 is 0. The van der Waals surface area contributed by atoms with E-state index in [0.29, 0.717) is 31.1 Å². The first-order valence-corrected chi connectivity index (χ1v) is 12.7. The monoisotopic (exact) mass is 449 g/mol. The van der Waals surface area contributed by atoms with Gasteiger partial charge in [-0.1, -0.05) is 19.3 Å². The quantitative estimate of drug-likeness (QED) is 0.752. The van der Waals surface area contributed by atoms with E-state index in [2.05, 4.69) is 14.9 Å². The minimum absolute atomic E-state index is 0.0242. The van der Waals surface area contributed by atoms with Gasteiger partial charge in [0.1, 0.15) is 5.82 Å². The van der Waals surface area contributed by atoms with Gasteiger partial charge < -0.3 is 9.88 Å². The Morgan fingerprint density at radius 2 is 1.82 bits per heavy atom. The average molecular weight is 450 g/mol. The number of carbonyl (C=O) groups is 1. The minimum atomic E-state index is -0.108. The van der Waals surface area contributed by atoms with Crippen LogP contribution in [0.15, 0.2) is 29.3 Å². The molecule has 176 valence electrons. The summed E-state index contributed by atoms with van der Waals surface area (Å²) < 4.78 is 0. The van der Waals surface area contributed by atoms with Gasteiger partial charge in [0.25, 0.3) is 5.56 Å². The van der Waals surface area contributed by atoms with Crippen molar-refractivity contribution in [3.05, 3.63) is 57.5 Å². The number of aromatic nitrogens is 3. The van der Waals surface area contributed by atoms with Crippen LogP contribution in [0.3, 0.4) is 0 Å². The van der Waals surface area contributed by atoms with E-state index in [1.165, 1.54) is 37.7 Å². The topological polar surface area (TPSA) is 82.2 Å². The average Bonchev–Trinajstić information content (AvgIpc) is 2.85. The van der Waals surface area contributed by atoms with E-state index in [1.807, 2.05) is 29.4 Å². The molecule has 1 aliphatic carbocycles. The molecule has 0 aromatic carbocycles. The van der Waals surface area contributed by atoms with E-state index < -0.39 is 0 Å². The molecule has 1 saturated carbocycles. The predicted molar refractivity (Wildman–Crippen MR) is 126 cm³/mol. The lowest BCUT2D eigenvalue weighted by Crippen LogP contribution is -2.42. The van der Waals surface area contributed by atoms with Crippen LogP contribution in [0.2, 0.25) is 0 Å². The highest BCUT2D eigenvalue weighted by atomic mass is 16.2. The molecular formula is C26H35N5O2. The second kappa shape index (κ2) is 10.2. The van der Waals surface area contributed by atoms with Gasteiger partial charge in [-0.2, -0.15) is 0 Å². The van der Waals surface area contributed by atoms with Crippen LogP contribution in [0.1, 0.15) is 86.5 Å². The maximum atomic E-state index is 13.3. The van der Waals surface area contributed by atoms with E-state index in [9.17, 15) is 9.59 Å². The van der Waals surface area contributed by atoms with Gasteiger partial charge in [-0.15, -0.1) is 0 Å². The summed E-state index contributed by atoms with van der Waals surface area (Å²) in [4.78, 5) is 42.7. The smallest absolute Gasteiger partial charge is 0.254 e. The highest BCUT2D eigenvalue weighted by Crippen LogP contribution is 2.33. The van der Waals surface area contributed by atoms with Crippen LogP contribution in [0, 0.1) is 5.92 Å². The third kappa shape index (κ3) is 5.18. The number of hydrogen-bond acceptors (Lipinski definition) is 5. The Hall–Kier alpha value is -2.54. The summed E-state index contributed by atoms with van der Waals surface area (Å²) in [7, 11) is 0. The van der Waals surface area contributed by atoms with Gasteiger partial charge in [0.05, 0.1) is 11.7 Å². The minimum Gasteiger partial charge on any atom is -0.333 e. The molecular weight excluding hydrogens is 414 g/mol. The number of nitrogens with zero attached hydrogens (tertiary/aromatic N) is 4. The molecule has 5 rings (SSSR count). The Bertz CT molecular complexity index is 1020. The molecule has 0 bridgehead atoms. The first-order valence-electron chi connectivity index (χ1n) is 12.7. The highest BCUT2D eigenvalue weighted by molar-refractivity contribution is 5.77. The fourth-order valence-electron chi connectivity index (χ4n) is 5.82. The number of rotatable bonds is 5. The van der Waals surface area contributed by atoms with Crippen molar-refractivity contribution < 1.29 is 4.79 Å². The number of carbonyl (C=O) groups excluding carboxylic acids is 1.